The fraction of sp³-hybridized carbons (Fsp3) is 0.548. The number of likely N-dealkylation sites (N-methyl/N-ethyl adjacent to an activating group) is 1. The number of rotatable bonds is 47. The van der Waals surface area contributed by atoms with Gasteiger partial charge in [-0.1, -0.05) is 191 Å². The average Bonchev–Trinajstić information content (AvgIpc) is 3.34. The summed E-state index contributed by atoms with van der Waals surface area (Å²) in [5.74, 6) is -0.915. The molecular weight excluding hydrogens is 918 g/mol. The first-order valence-electron chi connectivity index (χ1n) is 27.2. The van der Waals surface area contributed by atoms with Crippen molar-refractivity contribution >= 4 is 19.8 Å². The third-order valence-electron chi connectivity index (χ3n) is 10.5. The lowest BCUT2D eigenvalue weighted by molar-refractivity contribution is -0.870. The average molecular weight is 1020 g/mol. The Hall–Kier alpha value is -4.37. The minimum atomic E-state index is -4.66. The minimum absolute atomic E-state index is 0.0507. The van der Waals surface area contributed by atoms with Crippen LogP contribution in [-0.2, 0) is 32.7 Å². The van der Waals surface area contributed by atoms with E-state index in [1.165, 1.54) is 0 Å². The summed E-state index contributed by atoms with van der Waals surface area (Å²) in [6, 6.07) is 0. The van der Waals surface area contributed by atoms with Gasteiger partial charge in [-0.05, 0) is 122 Å². The maximum atomic E-state index is 12.7. The number of nitrogens with zero attached hydrogens (tertiary/aromatic N) is 1. The third kappa shape index (κ3) is 55.0. The first-order chi connectivity index (χ1) is 35.0. The van der Waals surface area contributed by atoms with E-state index in [-0.39, 0.29) is 26.1 Å². The summed E-state index contributed by atoms with van der Waals surface area (Å²) in [5.41, 5.74) is 0. The number of esters is 2. The molecule has 9 nitrogen and oxygen atoms in total. The Bertz CT molecular complexity index is 1770. The van der Waals surface area contributed by atoms with Crippen LogP contribution >= 0.6 is 7.82 Å². The molecule has 0 saturated heterocycles. The molecule has 0 heterocycles. The van der Waals surface area contributed by atoms with Gasteiger partial charge in [0.05, 0.1) is 27.7 Å². The van der Waals surface area contributed by atoms with Crippen molar-refractivity contribution in [3.8, 4) is 0 Å². The molecule has 0 aromatic carbocycles. The van der Waals surface area contributed by atoms with Gasteiger partial charge in [0.1, 0.15) is 19.8 Å². The van der Waals surface area contributed by atoms with Crippen LogP contribution in [0.3, 0.4) is 0 Å². The van der Waals surface area contributed by atoms with Crippen molar-refractivity contribution in [3.05, 3.63) is 158 Å². The van der Waals surface area contributed by atoms with E-state index in [9.17, 15) is 19.0 Å². The Morgan fingerprint density at radius 3 is 1.11 bits per heavy atom. The van der Waals surface area contributed by atoms with Crippen LogP contribution in [0.2, 0.25) is 0 Å². The van der Waals surface area contributed by atoms with Crippen LogP contribution in [0.5, 0.6) is 0 Å². The van der Waals surface area contributed by atoms with Gasteiger partial charge in [-0.25, -0.2) is 0 Å². The zero-order valence-corrected chi connectivity index (χ0v) is 46.4. The van der Waals surface area contributed by atoms with Gasteiger partial charge in [0.25, 0.3) is 7.82 Å². The molecule has 0 aliphatic carbocycles. The molecule has 10 heteroatoms. The van der Waals surface area contributed by atoms with E-state index in [0.717, 1.165) is 128 Å². The maximum absolute atomic E-state index is 12.7. The quantitative estimate of drug-likeness (QED) is 0.0195. The first-order valence-corrected chi connectivity index (χ1v) is 28.7. The van der Waals surface area contributed by atoms with Crippen molar-refractivity contribution < 1.29 is 42.1 Å². The van der Waals surface area contributed by atoms with Crippen molar-refractivity contribution in [2.75, 3.05) is 47.5 Å². The zero-order chi connectivity index (χ0) is 52.7. The summed E-state index contributed by atoms with van der Waals surface area (Å²) in [6.07, 6.45) is 77.3. The van der Waals surface area contributed by atoms with Crippen molar-refractivity contribution in [1.29, 1.82) is 0 Å². The van der Waals surface area contributed by atoms with Gasteiger partial charge in [0.2, 0.25) is 0 Å². The molecule has 404 valence electrons. The van der Waals surface area contributed by atoms with Crippen LogP contribution in [0.25, 0.3) is 0 Å². The van der Waals surface area contributed by atoms with Gasteiger partial charge in [-0.2, -0.15) is 0 Å². The second kappa shape index (κ2) is 51.5. The molecule has 0 rings (SSSR count). The number of phosphoric ester groups is 1. The SMILES string of the molecule is CC/C=C\C/C=C\C/C=C\C/C=C\C/C=C\C/C=C\C/C=C\C/C=C\C/C=C\C/C=C\CCCCCCC(=O)OC(COC(=O)CCCCC/C=C\C/C=C\C/C=C\CC)COP(=O)([O-])OCC[N+](C)(C)C. The van der Waals surface area contributed by atoms with E-state index in [1.807, 2.05) is 21.1 Å². The molecule has 0 aromatic heterocycles. The molecule has 72 heavy (non-hydrogen) atoms. The van der Waals surface area contributed by atoms with Crippen molar-refractivity contribution in [2.45, 2.75) is 174 Å². The first kappa shape index (κ1) is 67.6. The summed E-state index contributed by atoms with van der Waals surface area (Å²) < 4.78 is 33.9. The topological polar surface area (TPSA) is 111 Å². The molecular formula is C62H98NO8P. The Balaban J connectivity index is 4.27. The number of carbonyl (C=O) groups excluding carboxylic acids is 2. The van der Waals surface area contributed by atoms with Gasteiger partial charge in [-0.15, -0.1) is 0 Å². The van der Waals surface area contributed by atoms with Crippen molar-refractivity contribution in [1.82, 2.24) is 0 Å². The van der Waals surface area contributed by atoms with Crippen LogP contribution in [0, 0.1) is 0 Å². The molecule has 0 aliphatic heterocycles. The summed E-state index contributed by atoms with van der Waals surface area (Å²) in [7, 11) is 1.10. The van der Waals surface area contributed by atoms with E-state index in [4.69, 9.17) is 18.5 Å². The summed E-state index contributed by atoms with van der Waals surface area (Å²) in [5, 5.41) is 0. The van der Waals surface area contributed by atoms with Crippen LogP contribution in [0.15, 0.2) is 158 Å². The monoisotopic (exact) mass is 1020 g/mol. The molecule has 0 aliphatic rings. The fourth-order valence-electron chi connectivity index (χ4n) is 6.40. The van der Waals surface area contributed by atoms with Crippen LogP contribution in [0.4, 0.5) is 0 Å². The lowest BCUT2D eigenvalue weighted by Crippen LogP contribution is -2.37. The van der Waals surface area contributed by atoms with Gasteiger partial charge < -0.3 is 27.9 Å². The van der Waals surface area contributed by atoms with E-state index in [2.05, 4.69) is 172 Å². The number of carbonyl (C=O) groups is 2. The second-order valence-electron chi connectivity index (χ2n) is 18.5. The number of unbranched alkanes of at least 4 members (excludes halogenated alkanes) is 7. The van der Waals surface area contributed by atoms with Gasteiger partial charge in [0.15, 0.2) is 6.10 Å². The second-order valence-corrected chi connectivity index (χ2v) is 19.9. The Kier molecular flexibility index (Phi) is 48.4. The van der Waals surface area contributed by atoms with Gasteiger partial charge in [0, 0.05) is 12.8 Å². The number of hydrogen-bond donors (Lipinski definition) is 0. The molecule has 0 bridgehead atoms. The van der Waals surface area contributed by atoms with Crippen molar-refractivity contribution in [3.63, 3.8) is 0 Å². The number of allylic oxidation sites excluding steroid dienone is 26. The van der Waals surface area contributed by atoms with Gasteiger partial charge >= 0.3 is 11.9 Å². The number of phosphoric acid groups is 1. The highest BCUT2D eigenvalue weighted by atomic mass is 31.2. The highest BCUT2D eigenvalue weighted by molar-refractivity contribution is 7.45. The molecule has 0 fully saturated rings. The highest BCUT2D eigenvalue weighted by Crippen LogP contribution is 2.38. The predicted molar refractivity (Wildman–Crippen MR) is 304 cm³/mol. The lowest BCUT2D eigenvalue weighted by atomic mass is 10.1. The van der Waals surface area contributed by atoms with Crippen LogP contribution in [0.1, 0.15) is 168 Å². The normalized spacial score (nSPS) is 14.6. The Labute approximate surface area is 439 Å². The number of quaternary nitrogens is 1. The van der Waals surface area contributed by atoms with E-state index >= 15 is 0 Å². The predicted octanol–water partition coefficient (Wildman–Crippen LogP) is 16.3. The van der Waals surface area contributed by atoms with Crippen LogP contribution < -0.4 is 4.89 Å². The molecule has 0 N–H and O–H groups in total. The molecule has 0 saturated carbocycles. The number of hydrogen-bond acceptors (Lipinski definition) is 8. The molecule has 0 spiro atoms. The highest BCUT2D eigenvalue weighted by Gasteiger charge is 2.21. The lowest BCUT2D eigenvalue weighted by Gasteiger charge is -2.28. The minimum Gasteiger partial charge on any atom is -0.756 e. The summed E-state index contributed by atoms with van der Waals surface area (Å²) in [6.45, 7) is 3.90. The number of ether oxygens (including phenoxy) is 2. The Morgan fingerprint density at radius 1 is 0.431 bits per heavy atom. The summed E-state index contributed by atoms with van der Waals surface area (Å²) >= 11 is 0. The smallest absolute Gasteiger partial charge is 0.306 e. The molecule has 2 atom stereocenters. The molecule has 2 unspecified atom stereocenters. The summed E-state index contributed by atoms with van der Waals surface area (Å²) in [4.78, 5) is 37.7. The third-order valence-corrected chi connectivity index (χ3v) is 11.5. The molecule has 0 amide bonds. The van der Waals surface area contributed by atoms with E-state index < -0.39 is 32.5 Å². The van der Waals surface area contributed by atoms with Gasteiger partial charge in [-0.3, -0.25) is 14.2 Å². The fourth-order valence-corrected chi connectivity index (χ4v) is 7.13. The Morgan fingerprint density at radius 2 is 0.750 bits per heavy atom. The maximum Gasteiger partial charge on any atom is 0.306 e. The van der Waals surface area contributed by atoms with E-state index in [0.29, 0.717) is 23.9 Å². The van der Waals surface area contributed by atoms with Crippen LogP contribution in [-0.4, -0.2) is 70.0 Å². The van der Waals surface area contributed by atoms with Crippen molar-refractivity contribution in [2.24, 2.45) is 0 Å². The zero-order valence-electron chi connectivity index (χ0n) is 45.5. The van der Waals surface area contributed by atoms with E-state index in [1.54, 1.807) is 0 Å². The largest absolute Gasteiger partial charge is 0.756 e. The molecule has 0 aromatic rings. The molecule has 0 radical (unpaired) electrons. The standard InChI is InChI=1S/C62H98NO8P/c1-6-8-10-12-14-16-18-20-21-22-23-24-25-26-27-28-29-30-31-32-33-34-35-36-37-38-39-40-41-43-45-47-49-51-53-55-62(65)71-60(59-70-72(66,67)69-57-56-63(3,4)5)58-68-61(64)54-52-50-48-46-44-42-19-17-15-13-11-9-7-2/h8-11,14-17,20-21,23-24,26-27,29-30,32-33,35-36,38-39,41-44,60H,6-7,12-13,18-19,22,25,28,31,34,37,40,45-59H2,1-5H3/b10-8-,11-9-,16-14-,17-15-,21-20-,24-23-,27-26-,30-29-,33-32-,36-35-,39-38-,43-41-,44-42-.